The monoisotopic (exact) mass is 326 g/mol. The Morgan fingerprint density at radius 2 is 1.92 bits per heavy atom. The molecule has 0 aliphatic carbocycles. The number of methoxy groups -OCH3 is 1. The Balaban J connectivity index is 1.86. The van der Waals surface area contributed by atoms with E-state index in [9.17, 15) is 9.18 Å². The van der Waals surface area contributed by atoms with Crippen LogP contribution in [0.2, 0.25) is 0 Å². The number of carbonyl (C=O) groups is 1. The van der Waals surface area contributed by atoms with Crippen molar-refractivity contribution in [3.05, 3.63) is 59.4 Å². The van der Waals surface area contributed by atoms with Gasteiger partial charge < -0.3 is 14.6 Å². The summed E-state index contributed by atoms with van der Waals surface area (Å²) in [5.41, 5.74) is 4.65. The van der Waals surface area contributed by atoms with Crippen molar-refractivity contribution in [1.82, 2.24) is 9.88 Å². The second kappa shape index (κ2) is 6.35. The smallest absolute Gasteiger partial charge is 0.409 e. The van der Waals surface area contributed by atoms with E-state index >= 15 is 0 Å². The number of halogens is 1. The fourth-order valence-corrected chi connectivity index (χ4v) is 2.81. The molecule has 0 fully saturated rings. The number of amides is 1. The molecule has 0 atom stereocenters. The molecule has 4 nitrogen and oxygen atoms in total. The highest BCUT2D eigenvalue weighted by atomic mass is 19.1. The minimum atomic E-state index is -0.368. The lowest BCUT2D eigenvalue weighted by atomic mass is 10.1. The highest BCUT2D eigenvalue weighted by Crippen LogP contribution is 2.27. The van der Waals surface area contributed by atoms with Crippen LogP contribution in [0.25, 0.3) is 22.2 Å². The number of hydrogen-bond donors (Lipinski definition) is 1. The van der Waals surface area contributed by atoms with Gasteiger partial charge in [-0.15, -0.1) is 0 Å². The fourth-order valence-electron chi connectivity index (χ4n) is 2.81. The molecule has 0 spiro atoms. The van der Waals surface area contributed by atoms with Gasteiger partial charge in [0, 0.05) is 30.2 Å². The van der Waals surface area contributed by atoms with Gasteiger partial charge in [0.05, 0.1) is 7.11 Å². The molecule has 1 amide bonds. The van der Waals surface area contributed by atoms with Crippen molar-refractivity contribution in [2.45, 2.75) is 13.5 Å². The number of aryl methyl sites for hydroxylation is 1. The summed E-state index contributed by atoms with van der Waals surface area (Å²) in [6, 6.07) is 13.0. The predicted molar refractivity (Wildman–Crippen MR) is 92.3 cm³/mol. The molecule has 24 heavy (non-hydrogen) atoms. The van der Waals surface area contributed by atoms with Crippen LogP contribution in [-0.4, -0.2) is 30.1 Å². The second-order valence-corrected chi connectivity index (χ2v) is 5.89. The molecule has 3 aromatic rings. The highest BCUT2D eigenvalue weighted by molar-refractivity contribution is 5.88. The van der Waals surface area contributed by atoms with Gasteiger partial charge in [-0.2, -0.15) is 0 Å². The SMILES string of the molecule is COC(=O)N(C)Cc1ccc(-c2cc3c(C)cc(F)cc3[nH]2)cc1. The molecule has 1 N–H and O–H groups in total. The number of nitrogens with one attached hydrogen (secondary N) is 1. The van der Waals surface area contributed by atoms with Crippen LogP contribution >= 0.6 is 0 Å². The zero-order valence-electron chi connectivity index (χ0n) is 13.9. The van der Waals surface area contributed by atoms with Gasteiger partial charge >= 0.3 is 6.09 Å². The maximum absolute atomic E-state index is 13.5. The van der Waals surface area contributed by atoms with E-state index in [1.807, 2.05) is 37.3 Å². The molecule has 5 heteroatoms. The molecule has 0 saturated heterocycles. The summed E-state index contributed by atoms with van der Waals surface area (Å²) in [5.74, 6) is -0.241. The lowest BCUT2D eigenvalue weighted by Gasteiger charge is -2.15. The van der Waals surface area contributed by atoms with Gasteiger partial charge in [-0.3, -0.25) is 0 Å². The molecule has 0 aliphatic rings. The number of aromatic nitrogens is 1. The number of aromatic amines is 1. The first-order chi connectivity index (χ1) is 11.5. The van der Waals surface area contributed by atoms with E-state index in [2.05, 4.69) is 9.72 Å². The van der Waals surface area contributed by atoms with Crippen LogP contribution in [0, 0.1) is 12.7 Å². The van der Waals surface area contributed by atoms with Gasteiger partial charge in [0.15, 0.2) is 0 Å². The Kier molecular flexibility index (Phi) is 4.25. The van der Waals surface area contributed by atoms with E-state index < -0.39 is 0 Å². The Hall–Kier alpha value is -2.82. The predicted octanol–water partition coefficient (Wildman–Crippen LogP) is 4.48. The van der Waals surface area contributed by atoms with Crippen LogP contribution < -0.4 is 0 Å². The van der Waals surface area contributed by atoms with Crippen LogP contribution in [0.1, 0.15) is 11.1 Å². The summed E-state index contributed by atoms with van der Waals surface area (Å²) >= 11 is 0. The largest absolute Gasteiger partial charge is 0.453 e. The summed E-state index contributed by atoms with van der Waals surface area (Å²) in [4.78, 5) is 16.2. The van der Waals surface area contributed by atoms with E-state index in [0.29, 0.717) is 6.54 Å². The first-order valence-electron chi connectivity index (χ1n) is 7.65. The minimum Gasteiger partial charge on any atom is -0.453 e. The van der Waals surface area contributed by atoms with Gasteiger partial charge in [-0.05, 0) is 41.8 Å². The molecule has 0 unspecified atom stereocenters. The Bertz CT molecular complexity index is 884. The third-order valence-electron chi connectivity index (χ3n) is 4.08. The summed E-state index contributed by atoms with van der Waals surface area (Å²) in [6.07, 6.45) is -0.368. The summed E-state index contributed by atoms with van der Waals surface area (Å²) in [5, 5.41) is 1.01. The average Bonchev–Trinajstić information content (AvgIpc) is 2.99. The minimum absolute atomic E-state index is 0.241. The number of nitrogens with zero attached hydrogens (tertiary/aromatic N) is 1. The lowest BCUT2D eigenvalue weighted by molar-refractivity contribution is 0.131. The van der Waals surface area contributed by atoms with Gasteiger partial charge in [0.1, 0.15) is 5.82 Å². The van der Waals surface area contributed by atoms with Crippen LogP contribution in [0.3, 0.4) is 0 Å². The van der Waals surface area contributed by atoms with Crippen molar-refractivity contribution in [2.24, 2.45) is 0 Å². The van der Waals surface area contributed by atoms with Crippen molar-refractivity contribution >= 4 is 17.0 Å². The summed E-state index contributed by atoms with van der Waals surface area (Å²) in [7, 11) is 3.05. The molecule has 0 bridgehead atoms. The number of fused-ring (bicyclic) bond motifs is 1. The van der Waals surface area contributed by atoms with Crippen LogP contribution in [0.4, 0.5) is 9.18 Å². The molecule has 0 aliphatic heterocycles. The average molecular weight is 326 g/mol. The van der Waals surface area contributed by atoms with Gasteiger partial charge in [0.2, 0.25) is 0 Å². The number of carbonyl (C=O) groups excluding carboxylic acids is 1. The van der Waals surface area contributed by atoms with E-state index in [1.54, 1.807) is 7.05 Å². The van der Waals surface area contributed by atoms with Crippen molar-refractivity contribution in [3.8, 4) is 11.3 Å². The van der Waals surface area contributed by atoms with Gasteiger partial charge in [0.25, 0.3) is 0 Å². The van der Waals surface area contributed by atoms with E-state index in [1.165, 1.54) is 24.1 Å². The molecule has 1 aromatic heterocycles. The second-order valence-electron chi connectivity index (χ2n) is 5.89. The molecule has 0 radical (unpaired) electrons. The van der Waals surface area contributed by atoms with Crippen molar-refractivity contribution in [2.75, 3.05) is 14.2 Å². The maximum Gasteiger partial charge on any atom is 0.409 e. The molecule has 3 rings (SSSR count). The number of ether oxygens (including phenoxy) is 1. The molecule has 2 aromatic carbocycles. The standard InChI is InChI=1S/C19H19FN2O2/c1-12-8-15(20)9-18-16(12)10-17(21-18)14-6-4-13(5-7-14)11-22(2)19(23)24-3/h4-10,21H,11H2,1-3H3. The van der Waals surface area contributed by atoms with Crippen LogP contribution in [0.15, 0.2) is 42.5 Å². The van der Waals surface area contributed by atoms with Crippen LogP contribution in [0.5, 0.6) is 0 Å². The molecular weight excluding hydrogens is 307 g/mol. The lowest BCUT2D eigenvalue weighted by Crippen LogP contribution is -2.25. The number of rotatable bonds is 3. The van der Waals surface area contributed by atoms with Gasteiger partial charge in [-0.1, -0.05) is 24.3 Å². The number of H-pyrrole nitrogens is 1. The van der Waals surface area contributed by atoms with E-state index in [-0.39, 0.29) is 11.9 Å². The van der Waals surface area contributed by atoms with Crippen molar-refractivity contribution in [3.63, 3.8) is 0 Å². The summed E-state index contributed by atoms with van der Waals surface area (Å²) < 4.78 is 18.2. The number of benzene rings is 2. The first-order valence-corrected chi connectivity index (χ1v) is 7.65. The van der Waals surface area contributed by atoms with Gasteiger partial charge in [-0.25, -0.2) is 9.18 Å². The third-order valence-corrected chi connectivity index (χ3v) is 4.08. The van der Waals surface area contributed by atoms with Crippen LogP contribution in [-0.2, 0) is 11.3 Å². The number of hydrogen-bond acceptors (Lipinski definition) is 2. The summed E-state index contributed by atoms with van der Waals surface area (Å²) in [6.45, 7) is 2.37. The molecule has 0 saturated carbocycles. The van der Waals surface area contributed by atoms with E-state index in [0.717, 1.165) is 33.3 Å². The van der Waals surface area contributed by atoms with Crippen molar-refractivity contribution in [1.29, 1.82) is 0 Å². The molecular formula is C19H19FN2O2. The zero-order valence-corrected chi connectivity index (χ0v) is 13.9. The fraction of sp³-hybridized carbons (Fsp3) is 0.211. The van der Waals surface area contributed by atoms with E-state index in [4.69, 9.17) is 0 Å². The highest BCUT2D eigenvalue weighted by Gasteiger charge is 2.10. The molecule has 124 valence electrons. The topological polar surface area (TPSA) is 45.3 Å². The Labute approximate surface area is 139 Å². The first kappa shape index (κ1) is 16.1. The third kappa shape index (κ3) is 3.11. The Morgan fingerprint density at radius 1 is 1.21 bits per heavy atom. The van der Waals surface area contributed by atoms with Crippen molar-refractivity contribution < 1.29 is 13.9 Å². The molecule has 1 heterocycles. The zero-order chi connectivity index (χ0) is 17.3. The quantitative estimate of drug-likeness (QED) is 0.771. The Morgan fingerprint density at radius 3 is 2.58 bits per heavy atom. The normalized spacial score (nSPS) is 10.8. The maximum atomic E-state index is 13.5.